The van der Waals surface area contributed by atoms with Crippen molar-refractivity contribution in [2.24, 2.45) is 0 Å². The monoisotopic (exact) mass is 209 g/mol. The van der Waals surface area contributed by atoms with Crippen LogP contribution in [-0.4, -0.2) is 35.1 Å². The second kappa shape index (κ2) is 5.28. The van der Waals surface area contributed by atoms with Crippen LogP contribution in [0.4, 0.5) is 0 Å². The molecule has 15 heavy (non-hydrogen) atoms. The van der Waals surface area contributed by atoms with Crippen molar-refractivity contribution < 1.29 is 4.74 Å². The number of ether oxygens (including phenoxy) is 1. The highest BCUT2D eigenvalue weighted by Gasteiger charge is 2.15. The summed E-state index contributed by atoms with van der Waals surface area (Å²) >= 11 is 0. The summed E-state index contributed by atoms with van der Waals surface area (Å²) in [6.45, 7) is 4.98. The van der Waals surface area contributed by atoms with E-state index in [0.717, 1.165) is 19.7 Å². The van der Waals surface area contributed by atoms with Gasteiger partial charge >= 0.3 is 0 Å². The highest BCUT2D eigenvalue weighted by molar-refractivity contribution is 4.79. The summed E-state index contributed by atoms with van der Waals surface area (Å²) < 4.78 is 7.51. The lowest BCUT2D eigenvalue weighted by atomic mass is 10.2. The summed E-state index contributed by atoms with van der Waals surface area (Å²) in [4.78, 5) is 0. The average Bonchev–Trinajstić information content (AvgIpc) is 2.86. The highest BCUT2D eigenvalue weighted by Crippen LogP contribution is 2.10. The van der Waals surface area contributed by atoms with Gasteiger partial charge in [0.15, 0.2) is 0 Å². The number of rotatable bonds is 5. The quantitative estimate of drug-likeness (QED) is 0.787. The van der Waals surface area contributed by atoms with Crippen molar-refractivity contribution in [3.8, 4) is 0 Å². The third-order valence-corrected chi connectivity index (χ3v) is 2.74. The van der Waals surface area contributed by atoms with E-state index >= 15 is 0 Å². The number of aromatic nitrogens is 2. The molecule has 4 heteroatoms. The van der Waals surface area contributed by atoms with E-state index in [0.29, 0.717) is 12.1 Å². The van der Waals surface area contributed by atoms with E-state index in [9.17, 15) is 0 Å². The van der Waals surface area contributed by atoms with Crippen molar-refractivity contribution in [2.45, 2.75) is 38.5 Å². The molecule has 2 heterocycles. The first kappa shape index (κ1) is 10.6. The topological polar surface area (TPSA) is 39.1 Å². The van der Waals surface area contributed by atoms with Gasteiger partial charge in [0.1, 0.15) is 0 Å². The molecule has 0 bridgehead atoms. The van der Waals surface area contributed by atoms with E-state index in [1.165, 1.54) is 12.8 Å². The Hall–Kier alpha value is -0.870. The zero-order valence-electron chi connectivity index (χ0n) is 9.22. The first-order valence-corrected chi connectivity index (χ1v) is 5.67. The molecular formula is C11H19N3O. The SMILES string of the molecule is CC(Cn1cccn1)NCC1CCCO1. The zero-order valence-corrected chi connectivity index (χ0v) is 9.22. The van der Waals surface area contributed by atoms with Crippen LogP contribution < -0.4 is 5.32 Å². The summed E-state index contributed by atoms with van der Waals surface area (Å²) in [6.07, 6.45) is 6.63. The molecule has 1 fully saturated rings. The van der Waals surface area contributed by atoms with Crippen molar-refractivity contribution >= 4 is 0 Å². The number of hydrogen-bond donors (Lipinski definition) is 1. The standard InChI is InChI=1S/C11H19N3O/c1-10(9-14-6-3-5-13-14)12-8-11-4-2-7-15-11/h3,5-6,10-12H,2,4,7-9H2,1H3. The lowest BCUT2D eigenvalue weighted by Gasteiger charge is -2.16. The number of nitrogens with one attached hydrogen (secondary N) is 1. The summed E-state index contributed by atoms with van der Waals surface area (Å²) in [5.74, 6) is 0. The second-order valence-corrected chi connectivity index (χ2v) is 4.17. The molecule has 2 atom stereocenters. The third-order valence-electron chi connectivity index (χ3n) is 2.74. The summed E-state index contributed by atoms with van der Waals surface area (Å²) in [5.41, 5.74) is 0. The molecule has 0 aliphatic carbocycles. The summed E-state index contributed by atoms with van der Waals surface area (Å²) in [5, 5.41) is 7.66. The zero-order chi connectivity index (χ0) is 10.5. The van der Waals surface area contributed by atoms with Crippen LogP contribution in [0.1, 0.15) is 19.8 Å². The van der Waals surface area contributed by atoms with E-state index < -0.39 is 0 Å². The maximum atomic E-state index is 5.55. The number of nitrogens with zero attached hydrogens (tertiary/aromatic N) is 2. The van der Waals surface area contributed by atoms with Crippen molar-refractivity contribution in [1.82, 2.24) is 15.1 Å². The molecule has 0 aromatic carbocycles. The van der Waals surface area contributed by atoms with Gasteiger partial charge in [0.25, 0.3) is 0 Å². The minimum atomic E-state index is 0.421. The minimum absolute atomic E-state index is 0.421. The predicted octanol–water partition coefficient (Wildman–Crippen LogP) is 1.04. The van der Waals surface area contributed by atoms with E-state index in [1.54, 1.807) is 0 Å². The van der Waals surface area contributed by atoms with Gasteiger partial charge in [-0.05, 0) is 25.8 Å². The molecule has 0 spiro atoms. The molecule has 84 valence electrons. The second-order valence-electron chi connectivity index (χ2n) is 4.17. The van der Waals surface area contributed by atoms with Crippen molar-refractivity contribution in [3.63, 3.8) is 0 Å². The summed E-state index contributed by atoms with van der Waals surface area (Å²) in [6, 6.07) is 2.39. The molecule has 4 nitrogen and oxygen atoms in total. The molecule has 1 N–H and O–H groups in total. The molecule has 1 saturated heterocycles. The lowest BCUT2D eigenvalue weighted by Crippen LogP contribution is -2.36. The highest BCUT2D eigenvalue weighted by atomic mass is 16.5. The van der Waals surface area contributed by atoms with E-state index in [1.807, 2.05) is 23.1 Å². The summed E-state index contributed by atoms with van der Waals surface area (Å²) in [7, 11) is 0. The Morgan fingerprint density at radius 3 is 3.27 bits per heavy atom. The maximum absolute atomic E-state index is 5.55. The predicted molar refractivity (Wildman–Crippen MR) is 58.7 cm³/mol. The van der Waals surface area contributed by atoms with Gasteiger partial charge in [-0.1, -0.05) is 0 Å². The van der Waals surface area contributed by atoms with Gasteiger partial charge in [0, 0.05) is 31.6 Å². The van der Waals surface area contributed by atoms with Crippen molar-refractivity contribution in [2.75, 3.05) is 13.2 Å². The molecule has 1 aromatic heterocycles. The molecule has 1 aliphatic rings. The Labute approximate surface area is 90.6 Å². The van der Waals surface area contributed by atoms with Crippen molar-refractivity contribution in [1.29, 1.82) is 0 Å². The molecule has 1 aromatic rings. The van der Waals surface area contributed by atoms with Gasteiger partial charge in [-0.25, -0.2) is 0 Å². The molecule has 0 amide bonds. The van der Waals surface area contributed by atoms with Crippen LogP contribution in [0.3, 0.4) is 0 Å². The van der Waals surface area contributed by atoms with Crippen LogP contribution in [0.15, 0.2) is 18.5 Å². The first-order chi connectivity index (χ1) is 7.34. The number of hydrogen-bond acceptors (Lipinski definition) is 3. The fourth-order valence-electron chi connectivity index (χ4n) is 1.89. The third kappa shape index (κ3) is 3.32. The van der Waals surface area contributed by atoms with Gasteiger partial charge in [0.05, 0.1) is 12.6 Å². The fraction of sp³-hybridized carbons (Fsp3) is 0.727. The van der Waals surface area contributed by atoms with Crippen LogP contribution in [0.2, 0.25) is 0 Å². The Morgan fingerprint density at radius 2 is 2.60 bits per heavy atom. The molecule has 2 rings (SSSR count). The van der Waals surface area contributed by atoms with Gasteiger partial charge in [-0.15, -0.1) is 0 Å². The van der Waals surface area contributed by atoms with Crippen molar-refractivity contribution in [3.05, 3.63) is 18.5 Å². The van der Waals surface area contributed by atoms with Gasteiger partial charge in [0.2, 0.25) is 0 Å². The maximum Gasteiger partial charge on any atom is 0.0700 e. The van der Waals surface area contributed by atoms with Crippen LogP contribution in [-0.2, 0) is 11.3 Å². The molecule has 1 aliphatic heterocycles. The van der Waals surface area contributed by atoms with Crippen LogP contribution in [0.25, 0.3) is 0 Å². The smallest absolute Gasteiger partial charge is 0.0700 e. The van der Waals surface area contributed by atoms with Gasteiger partial charge in [-0.2, -0.15) is 5.10 Å². The van der Waals surface area contributed by atoms with Gasteiger partial charge < -0.3 is 10.1 Å². The normalized spacial score (nSPS) is 23.1. The molecule has 0 saturated carbocycles. The minimum Gasteiger partial charge on any atom is -0.377 e. The van der Waals surface area contributed by atoms with Crippen LogP contribution in [0, 0.1) is 0 Å². The van der Waals surface area contributed by atoms with E-state index in [-0.39, 0.29) is 0 Å². The molecule has 0 radical (unpaired) electrons. The first-order valence-electron chi connectivity index (χ1n) is 5.67. The van der Waals surface area contributed by atoms with Crippen LogP contribution >= 0.6 is 0 Å². The Bertz CT molecular complexity index is 267. The largest absolute Gasteiger partial charge is 0.377 e. The lowest BCUT2D eigenvalue weighted by molar-refractivity contribution is 0.107. The molecule has 2 unspecified atom stereocenters. The van der Waals surface area contributed by atoms with Gasteiger partial charge in [-0.3, -0.25) is 4.68 Å². The van der Waals surface area contributed by atoms with E-state index in [2.05, 4.69) is 17.3 Å². The van der Waals surface area contributed by atoms with Crippen LogP contribution in [0.5, 0.6) is 0 Å². The Balaban J connectivity index is 1.66. The Kier molecular flexibility index (Phi) is 3.75. The fourth-order valence-corrected chi connectivity index (χ4v) is 1.89. The average molecular weight is 209 g/mol. The molecular weight excluding hydrogens is 190 g/mol. The Morgan fingerprint density at radius 1 is 1.67 bits per heavy atom. The van der Waals surface area contributed by atoms with E-state index in [4.69, 9.17) is 4.74 Å².